The van der Waals surface area contributed by atoms with E-state index in [1.807, 2.05) is 23.6 Å². The Morgan fingerprint density at radius 3 is 2.28 bits per heavy atom. The van der Waals surface area contributed by atoms with Crippen LogP contribution in [-0.2, 0) is 23.3 Å². The Morgan fingerprint density at radius 1 is 0.833 bits per heavy atom. The van der Waals surface area contributed by atoms with Crippen molar-refractivity contribution in [3.05, 3.63) is 96.5 Å². The van der Waals surface area contributed by atoms with Gasteiger partial charge in [0.25, 0.3) is 13.4 Å². The van der Waals surface area contributed by atoms with Crippen LogP contribution in [0.2, 0.25) is 0 Å². The summed E-state index contributed by atoms with van der Waals surface area (Å²) >= 11 is 0. The lowest BCUT2D eigenvalue weighted by molar-refractivity contribution is -0.122. The maximum absolute atomic E-state index is 14.6. The summed E-state index contributed by atoms with van der Waals surface area (Å²) in [6, 6.07) is 17.4. The van der Waals surface area contributed by atoms with E-state index < -0.39 is 25.8 Å². The molecule has 18 nitrogen and oxygen atoms in total. The summed E-state index contributed by atoms with van der Waals surface area (Å²) in [5.41, 5.74) is 3.74. The van der Waals surface area contributed by atoms with Gasteiger partial charge in [0.2, 0.25) is 5.95 Å². The van der Waals surface area contributed by atoms with Gasteiger partial charge in [0.05, 0.1) is 43.2 Å². The lowest BCUT2D eigenvalue weighted by Crippen LogP contribution is -2.46. The summed E-state index contributed by atoms with van der Waals surface area (Å²) in [4.78, 5) is 53.3. The van der Waals surface area contributed by atoms with E-state index in [0.717, 1.165) is 25.1 Å². The zero-order valence-electron chi connectivity index (χ0n) is 33.9. The zero-order valence-corrected chi connectivity index (χ0v) is 34.8. The van der Waals surface area contributed by atoms with Gasteiger partial charge in [-0.05, 0) is 56.4 Å². The number of esters is 1. The van der Waals surface area contributed by atoms with Gasteiger partial charge in [-0.25, -0.2) is 34.4 Å². The van der Waals surface area contributed by atoms with E-state index >= 15 is 0 Å². The number of rotatable bonds is 14. The minimum atomic E-state index is -3.53. The van der Waals surface area contributed by atoms with Crippen LogP contribution in [0.3, 0.4) is 0 Å². The molecule has 0 radical (unpaired) electrons. The van der Waals surface area contributed by atoms with Crippen molar-refractivity contribution in [3.63, 3.8) is 0 Å². The number of imidazole rings is 2. The van der Waals surface area contributed by atoms with Gasteiger partial charge in [0.15, 0.2) is 22.6 Å². The lowest BCUT2D eigenvalue weighted by atomic mass is 10.1. The number of carbonyl (C=O) groups excluding carboxylic acids is 2. The minimum absolute atomic E-state index is 0.0769. The predicted molar refractivity (Wildman–Crippen MR) is 223 cm³/mol. The Labute approximate surface area is 346 Å². The van der Waals surface area contributed by atoms with Gasteiger partial charge in [0.1, 0.15) is 37.0 Å². The number of morpholine rings is 1. The van der Waals surface area contributed by atoms with Crippen molar-refractivity contribution in [2.45, 2.75) is 64.7 Å². The smallest absolute Gasteiger partial charge is 0.338 e. The van der Waals surface area contributed by atoms with E-state index in [1.165, 1.54) is 12.7 Å². The SMILES string of the molecule is Cc1nc(NCC(C)C)nc2c1ncn2[C@H]1CCC[C@@H](CO[P@](C)(=O)N2C[C@@H](COC(=O)c3ccccc3)O[C@@H](n3cnc4c(NC(=O)c5ccccc5)ncnc43)C2)O1. The molecule has 8 rings (SSSR count). The third kappa shape index (κ3) is 9.22. The van der Waals surface area contributed by atoms with E-state index in [4.69, 9.17) is 23.7 Å². The van der Waals surface area contributed by atoms with E-state index in [1.54, 1.807) is 70.8 Å². The molecular formula is C41H48N11O7P. The highest BCUT2D eigenvalue weighted by atomic mass is 31.2. The minimum Gasteiger partial charge on any atom is -0.459 e. The Kier molecular flexibility index (Phi) is 12.3. The topological polar surface area (TPSA) is 203 Å². The second-order valence-electron chi connectivity index (χ2n) is 15.4. The molecule has 0 unspecified atom stereocenters. The maximum atomic E-state index is 14.6. The number of benzene rings is 2. The van der Waals surface area contributed by atoms with E-state index in [2.05, 4.69) is 49.4 Å². The highest BCUT2D eigenvalue weighted by Gasteiger charge is 2.39. The van der Waals surface area contributed by atoms with Crippen LogP contribution in [0.1, 0.15) is 72.0 Å². The molecule has 2 fully saturated rings. The van der Waals surface area contributed by atoms with E-state index in [0.29, 0.717) is 51.7 Å². The number of anilines is 2. The first-order chi connectivity index (χ1) is 29.0. The molecular weight excluding hydrogens is 789 g/mol. The average molecular weight is 838 g/mol. The third-order valence-corrected chi connectivity index (χ3v) is 12.4. The highest BCUT2D eigenvalue weighted by molar-refractivity contribution is 7.55. The number of carbonyl (C=O) groups is 2. The molecule has 1 amide bonds. The maximum Gasteiger partial charge on any atom is 0.338 e. The molecule has 60 heavy (non-hydrogen) atoms. The second kappa shape index (κ2) is 17.9. The molecule has 2 aliphatic rings. The van der Waals surface area contributed by atoms with E-state index in [9.17, 15) is 14.2 Å². The molecule has 2 aromatic carbocycles. The number of fused-ring (bicyclic) bond motifs is 2. The van der Waals surface area contributed by atoms with Crippen LogP contribution >= 0.6 is 7.52 Å². The molecule has 0 saturated carbocycles. The third-order valence-electron chi connectivity index (χ3n) is 10.4. The summed E-state index contributed by atoms with van der Waals surface area (Å²) in [6.45, 7) is 8.70. The fourth-order valence-corrected chi connectivity index (χ4v) is 8.76. The number of amides is 1. The fourth-order valence-electron chi connectivity index (χ4n) is 7.24. The summed E-state index contributed by atoms with van der Waals surface area (Å²) in [5.74, 6) is 0.323. The number of aryl methyl sites for hydroxylation is 1. The molecule has 314 valence electrons. The first kappa shape index (κ1) is 41.1. The van der Waals surface area contributed by atoms with Crippen LogP contribution in [-0.4, -0.2) is 107 Å². The van der Waals surface area contributed by atoms with Crippen LogP contribution in [0.25, 0.3) is 22.3 Å². The number of nitrogens with zero attached hydrogens (tertiary/aromatic N) is 9. The van der Waals surface area contributed by atoms with Crippen molar-refractivity contribution in [2.24, 2.45) is 5.92 Å². The molecule has 0 aliphatic carbocycles. The first-order valence-corrected chi connectivity index (χ1v) is 22.0. The monoisotopic (exact) mass is 837 g/mol. The van der Waals surface area contributed by atoms with Crippen molar-refractivity contribution in [3.8, 4) is 0 Å². The normalized spacial score (nSPS) is 20.9. The standard InChI is InChI=1S/C41H48N11O7P/c1-26(2)18-42-41-47-27(3)34-38(49-41)51(24-45-34)32-17-11-16-30(58-32)22-57-60(4,55)50-19-31(21-56-40(54)29-14-9-6-10-15-29)59-33(20-50)52-25-46-35-36(43-23-44-37(35)52)48-39(53)28-12-7-5-8-13-28/h5-10,12-15,23-26,30-33H,11,16-22H2,1-4H3,(H,42,47,49)(H,43,44,48,53)/t30-,31-,32+,33+,60-/m0/s1. The number of aromatic nitrogens is 8. The Bertz CT molecular complexity index is 2500. The van der Waals surface area contributed by atoms with Gasteiger partial charge < -0.3 is 29.4 Å². The molecule has 2 N–H and O–H groups in total. The van der Waals surface area contributed by atoms with Gasteiger partial charge in [0, 0.05) is 25.3 Å². The predicted octanol–water partition coefficient (Wildman–Crippen LogP) is 6.26. The zero-order chi connectivity index (χ0) is 41.8. The molecule has 4 aromatic heterocycles. The van der Waals surface area contributed by atoms with Gasteiger partial charge >= 0.3 is 5.97 Å². The van der Waals surface area contributed by atoms with Crippen LogP contribution in [0.5, 0.6) is 0 Å². The van der Waals surface area contributed by atoms with Gasteiger partial charge in [-0.2, -0.15) is 4.98 Å². The van der Waals surface area contributed by atoms with Crippen molar-refractivity contribution in [1.82, 2.24) is 43.7 Å². The highest BCUT2D eigenvalue weighted by Crippen LogP contribution is 2.50. The Hall–Kier alpha value is -5.65. The quantitative estimate of drug-likeness (QED) is 0.0919. The summed E-state index contributed by atoms with van der Waals surface area (Å²) in [5, 5.41) is 6.14. The van der Waals surface area contributed by atoms with Crippen molar-refractivity contribution >= 4 is 53.5 Å². The molecule has 5 atom stereocenters. The number of hydrogen-bond acceptors (Lipinski definition) is 14. The number of hydrogen-bond donors (Lipinski definition) is 2. The molecule has 6 heterocycles. The molecule has 2 aliphatic heterocycles. The van der Waals surface area contributed by atoms with Crippen LogP contribution in [0, 0.1) is 12.8 Å². The molecule has 2 saturated heterocycles. The number of ether oxygens (including phenoxy) is 3. The molecule has 0 bridgehead atoms. The second-order valence-corrected chi connectivity index (χ2v) is 17.8. The Balaban J connectivity index is 0.988. The van der Waals surface area contributed by atoms with Gasteiger partial charge in [-0.15, -0.1) is 0 Å². The summed E-state index contributed by atoms with van der Waals surface area (Å²) in [7, 11) is -3.53. The first-order valence-electron chi connectivity index (χ1n) is 20.0. The molecule has 6 aromatic rings. The fraction of sp³-hybridized carbons (Fsp3) is 0.415. The lowest BCUT2D eigenvalue weighted by Gasteiger charge is -2.40. The van der Waals surface area contributed by atoms with Crippen LogP contribution < -0.4 is 10.6 Å². The van der Waals surface area contributed by atoms with Crippen LogP contribution in [0.4, 0.5) is 11.8 Å². The molecule has 0 spiro atoms. The largest absolute Gasteiger partial charge is 0.459 e. The van der Waals surface area contributed by atoms with Gasteiger partial charge in [-0.1, -0.05) is 50.2 Å². The summed E-state index contributed by atoms with van der Waals surface area (Å²) < 4.78 is 45.0. The average Bonchev–Trinajstić information content (AvgIpc) is 3.91. The van der Waals surface area contributed by atoms with E-state index in [-0.39, 0.29) is 50.4 Å². The van der Waals surface area contributed by atoms with Crippen molar-refractivity contribution in [1.29, 1.82) is 0 Å². The molecule has 19 heteroatoms. The van der Waals surface area contributed by atoms with Crippen molar-refractivity contribution in [2.75, 3.05) is 50.1 Å². The van der Waals surface area contributed by atoms with Gasteiger partial charge in [-0.3, -0.25) is 18.5 Å². The van der Waals surface area contributed by atoms with Crippen LogP contribution in [0.15, 0.2) is 79.6 Å². The summed E-state index contributed by atoms with van der Waals surface area (Å²) in [6.07, 6.45) is 4.72. The Morgan fingerprint density at radius 2 is 1.53 bits per heavy atom. The van der Waals surface area contributed by atoms with Crippen molar-refractivity contribution < 1.29 is 32.9 Å². The number of nitrogens with one attached hydrogen (secondary N) is 2.